The van der Waals surface area contributed by atoms with Crippen LogP contribution in [0.1, 0.15) is 18.9 Å². The summed E-state index contributed by atoms with van der Waals surface area (Å²) in [6.07, 6.45) is 3.19. The van der Waals surface area contributed by atoms with Crippen LogP contribution in [0.3, 0.4) is 0 Å². The third-order valence-corrected chi connectivity index (χ3v) is 7.56. The Morgan fingerprint density at radius 2 is 1.83 bits per heavy atom. The van der Waals surface area contributed by atoms with Crippen LogP contribution in [0.4, 0.5) is 24.8 Å². The summed E-state index contributed by atoms with van der Waals surface area (Å²) in [5, 5.41) is 6.16. The maximum atomic E-state index is 15.0. The number of anilines is 2. The lowest BCUT2D eigenvalue weighted by Gasteiger charge is -2.33. The zero-order chi connectivity index (χ0) is 29.0. The molecule has 3 heterocycles. The molecule has 41 heavy (non-hydrogen) atoms. The van der Waals surface area contributed by atoms with Gasteiger partial charge in [0.05, 0.1) is 22.7 Å². The summed E-state index contributed by atoms with van der Waals surface area (Å²) < 4.78 is 77.1. The first-order valence-corrected chi connectivity index (χ1v) is 14.4. The molecule has 0 amide bonds. The number of piperidine rings is 1. The Kier molecular flexibility index (Phi) is 8.08. The molecule has 9 nitrogen and oxygen atoms in total. The van der Waals surface area contributed by atoms with E-state index in [1.807, 2.05) is 0 Å². The van der Waals surface area contributed by atoms with E-state index in [0.717, 1.165) is 12.1 Å². The minimum atomic E-state index is -4.02. The van der Waals surface area contributed by atoms with Gasteiger partial charge in [0.2, 0.25) is 27.7 Å². The van der Waals surface area contributed by atoms with Gasteiger partial charge in [-0.2, -0.15) is 4.39 Å². The van der Waals surface area contributed by atoms with Crippen LogP contribution < -0.4 is 20.1 Å². The Balaban J connectivity index is 1.34. The van der Waals surface area contributed by atoms with E-state index in [4.69, 9.17) is 4.74 Å². The number of halogens is 3. The summed E-state index contributed by atoms with van der Waals surface area (Å²) >= 11 is 0. The quantitative estimate of drug-likeness (QED) is 0.250. The van der Waals surface area contributed by atoms with Crippen LogP contribution in [0.2, 0.25) is 0 Å². The van der Waals surface area contributed by atoms with Crippen molar-refractivity contribution in [2.75, 3.05) is 23.1 Å². The van der Waals surface area contributed by atoms with Crippen LogP contribution in [-0.4, -0.2) is 48.2 Å². The standard InChI is InChI=1S/C28H27F3N6O3S/c1-28(31)14-19(15-32-17-28)35-27-34-13-11-21(36-27)20-8-5-12-33-26(20)40-23-10-9-22(24(29)25(23)30)37-41(38,39)16-18-6-3-2-4-7-18/h2-13,19,32,37H,14-17H2,1H3,(H,34,35,36)/t19-,28+/m0/s1. The molecule has 1 saturated heterocycles. The molecule has 13 heteroatoms. The normalized spacial score (nSPS) is 19.0. The minimum Gasteiger partial charge on any atom is -0.435 e. The Hall–Kier alpha value is -4.23. The zero-order valence-electron chi connectivity index (χ0n) is 21.9. The topological polar surface area (TPSA) is 118 Å². The van der Waals surface area contributed by atoms with Gasteiger partial charge in [-0.15, -0.1) is 0 Å². The lowest BCUT2D eigenvalue weighted by atomic mass is 9.95. The van der Waals surface area contributed by atoms with Gasteiger partial charge < -0.3 is 15.4 Å². The maximum Gasteiger partial charge on any atom is 0.237 e. The van der Waals surface area contributed by atoms with Gasteiger partial charge in [0, 0.05) is 37.9 Å². The van der Waals surface area contributed by atoms with Gasteiger partial charge in [-0.05, 0) is 42.8 Å². The summed E-state index contributed by atoms with van der Waals surface area (Å²) in [6, 6.07) is 15.1. The number of aromatic nitrogens is 3. The van der Waals surface area contributed by atoms with Crippen LogP contribution in [0, 0.1) is 11.6 Å². The third-order valence-electron chi connectivity index (χ3n) is 6.31. The molecule has 1 fully saturated rings. The van der Waals surface area contributed by atoms with Crippen molar-refractivity contribution in [2.45, 2.75) is 30.8 Å². The van der Waals surface area contributed by atoms with E-state index in [-0.39, 0.29) is 30.8 Å². The summed E-state index contributed by atoms with van der Waals surface area (Å²) in [5.41, 5.74) is -0.692. The van der Waals surface area contributed by atoms with E-state index < -0.39 is 44.5 Å². The molecule has 0 bridgehead atoms. The highest BCUT2D eigenvalue weighted by molar-refractivity contribution is 7.91. The minimum absolute atomic E-state index is 0.0662. The maximum absolute atomic E-state index is 15.0. The van der Waals surface area contributed by atoms with Gasteiger partial charge in [0.25, 0.3) is 0 Å². The molecule has 0 aliphatic carbocycles. The Labute approximate surface area is 235 Å². The average molecular weight is 585 g/mol. The first kappa shape index (κ1) is 28.3. The van der Waals surface area contributed by atoms with E-state index >= 15 is 4.39 Å². The second-order valence-electron chi connectivity index (χ2n) is 9.90. The molecule has 214 valence electrons. The fourth-order valence-corrected chi connectivity index (χ4v) is 5.68. The predicted molar refractivity (Wildman–Crippen MR) is 149 cm³/mol. The molecule has 0 radical (unpaired) electrons. The van der Waals surface area contributed by atoms with Crippen LogP contribution in [0.25, 0.3) is 11.3 Å². The Morgan fingerprint density at radius 3 is 2.61 bits per heavy atom. The number of hydrogen-bond donors (Lipinski definition) is 3. The predicted octanol–water partition coefficient (Wildman–Crippen LogP) is 5.05. The highest BCUT2D eigenvalue weighted by Crippen LogP contribution is 2.34. The van der Waals surface area contributed by atoms with Crippen LogP contribution in [0.5, 0.6) is 11.6 Å². The van der Waals surface area contributed by atoms with E-state index in [9.17, 15) is 17.2 Å². The highest BCUT2D eigenvalue weighted by Gasteiger charge is 2.32. The Bertz CT molecular complexity index is 1640. The number of benzene rings is 2. The van der Waals surface area contributed by atoms with Crippen molar-refractivity contribution >= 4 is 21.7 Å². The molecule has 2 atom stereocenters. The van der Waals surface area contributed by atoms with Gasteiger partial charge in [-0.1, -0.05) is 30.3 Å². The van der Waals surface area contributed by atoms with Gasteiger partial charge in [0.15, 0.2) is 11.6 Å². The van der Waals surface area contributed by atoms with Gasteiger partial charge >= 0.3 is 0 Å². The summed E-state index contributed by atoms with van der Waals surface area (Å²) in [4.78, 5) is 12.8. The third kappa shape index (κ3) is 7.11. The molecular weight excluding hydrogens is 557 g/mol. The molecular formula is C28H27F3N6O3S. The first-order valence-electron chi connectivity index (χ1n) is 12.7. The Morgan fingerprint density at radius 1 is 1.02 bits per heavy atom. The van der Waals surface area contributed by atoms with Crippen molar-refractivity contribution in [3.05, 3.63) is 90.3 Å². The van der Waals surface area contributed by atoms with E-state index in [2.05, 4.69) is 30.3 Å². The van der Waals surface area contributed by atoms with E-state index in [0.29, 0.717) is 23.4 Å². The van der Waals surface area contributed by atoms with Crippen LogP contribution >= 0.6 is 0 Å². The van der Waals surface area contributed by atoms with Gasteiger partial charge in [-0.25, -0.2) is 32.2 Å². The summed E-state index contributed by atoms with van der Waals surface area (Å²) in [5.74, 6) is -3.55. The molecule has 4 aromatic rings. The number of pyridine rings is 1. The molecule has 1 aliphatic heterocycles. The number of hydrogen-bond acceptors (Lipinski definition) is 8. The molecule has 0 spiro atoms. The number of sulfonamides is 1. The van der Waals surface area contributed by atoms with E-state index in [1.54, 1.807) is 48.5 Å². The molecule has 2 aromatic carbocycles. The van der Waals surface area contributed by atoms with Crippen molar-refractivity contribution in [1.82, 2.24) is 20.3 Å². The highest BCUT2D eigenvalue weighted by atomic mass is 32.2. The molecule has 0 unspecified atom stereocenters. The van der Waals surface area contributed by atoms with E-state index in [1.165, 1.54) is 19.3 Å². The number of nitrogens with zero attached hydrogens (tertiary/aromatic N) is 3. The molecule has 3 N–H and O–H groups in total. The monoisotopic (exact) mass is 584 g/mol. The number of alkyl halides is 1. The SMILES string of the molecule is C[C@]1(F)CNC[C@@H](Nc2nccc(-c3cccnc3Oc3ccc(NS(=O)(=O)Cc4ccccc4)c(F)c3F)n2)C1. The average Bonchev–Trinajstić information content (AvgIpc) is 2.93. The first-order chi connectivity index (χ1) is 19.6. The lowest BCUT2D eigenvalue weighted by Crippen LogP contribution is -2.50. The molecule has 2 aromatic heterocycles. The van der Waals surface area contributed by atoms with Crippen molar-refractivity contribution in [3.63, 3.8) is 0 Å². The number of ether oxygens (including phenoxy) is 1. The van der Waals surface area contributed by atoms with Crippen LogP contribution in [0.15, 0.2) is 73.1 Å². The van der Waals surface area contributed by atoms with Crippen LogP contribution in [-0.2, 0) is 15.8 Å². The second-order valence-corrected chi connectivity index (χ2v) is 11.6. The van der Waals surface area contributed by atoms with Gasteiger partial charge in [-0.3, -0.25) is 4.72 Å². The van der Waals surface area contributed by atoms with Crippen molar-refractivity contribution < 1.29 is 26.3 Å². The van der Waals surface area contributed by atoms with Crippen molar-refractivity contribution in [3.8, 4) is 22.9 Å². The largest absolute Gasteiger partial charge is 0.435 e. The number of rotatable bonds is 9. The molecule has 0 saturated carbocycles. The molecule has 1 aliphatic rings. The summed E-state index contributed by atoms with van der Waals surface area (Å²) in [6.45, 7) is 2.33. The number of nitrogens with one attached hydrogen (secondary N) is 3. The van der Waals surface area contributed by atoms with Gasteiger partial charge in [0.1, 0.15) is 5.67 Å². The zero-order valence-corrected chi connectivity index (χ0v) is 22.8. The molecule has 5 rings (SSSR count). The summed E-state index contributed by atoms with van der Waals surface area (Å²) in [7, 11) is -4.02. The fraction of sp³-hybridized carbons (Fsp3) is 0.250. The lowest BCUT2D eigenvalue weighted by molar-refractivity contribution is 0.137. The fourth-order valence-electron chi connectivity index (χ4n) is 4.49. The second kappa shape index (κ2) is 11.7. The smallest absolute Gasteiger partial charge is 0.237 e. The van der Waals surface area contributed by atoms with Crippen molar-refractivity contribution in [1.29, 1.82) is 0 Å². The van der Waals surface area contributed by atoms with Crippen molar-refractivity contribution in [2.24, 2.45) is 0 Å².